The zero-order valence-corrected chi connectivity index (χ0v) is 16.8. The third-order valence-corrected chi connectivity index (χ3v) is 6.54. The van der Waals surface area contributed by atoms with Gasteiger partial charge in [-0.1, -0.05) is 0 Å². The van der Waals surface area contributed by atoms with Gasteiger partial charge < -0.3 is 9.30 Å². The van der Waals surface area contributed by atoms with E-state index in [0.717, 1.165) is 27.8 Å². The SMILES string of the molecule is COc1c(C=O)cn(S(=O)(=O)c2ccc3c(ccn3C)c2)c1-c1ccc(F)cc1F. The zero-order valence-electron chi connectivity index (χ0n) is 16.0. The number of ether oxygens (including phenoxy) is 1. The van der Waals surface area contributed by atoms with Gasteiger partial charge in [0.05, 0.1) is 17.6 Å². The van der Waals surface area contributed by atoms with Crippen molar-refractivity contribution < 1.29 is 26.7 Å². The molecule has 4 rings (SSSR count). The number of aryl methyl sites for hydroxylation is 1. The molecule has 2 heterocycles. The first kappa shape index (κ1) is 19.8. The first-order valence-electron chi connectivity index (χ1n) is 8.78. The van der Waals surface area contributed by atoms with Crippen molar-refractivity contribution in [2.24, 2.45) is 7.05 Å². The average Bonchev–Trinajstić information content (AvgIpc) is 3.28. The summed E-state index contributed by atoms with van der Waals surface area (Å²) >= 11 is 0. The van der Waals surface area contributed by atoms with Gasteiger partial charge in [0, 0.05) is 42.0 Å². The van der Waals surface area contributed by atoms with Crippen LogP contribution in [0.25, 0.3) is 22.2 Å². The summed E-state index contributed by atoms with van der Waals surface area (Å²) in [4.78, 5) is 11.5. The third-order valence-electron chi connectivity index (χ3n) is 4.88. The standard InChI is InChI=1S/C21H16F2N2O4S/c1-24-8-7-13-9-16(4-6-19(13)24)30(27,28)25-11-14(12-26)21(29-2)20(25)17-5-3-15(22)10-18(17)23/h3-12H,1-2H3. The number of carbonyl (C=O) groups is 1. The number of hydrogen-bond acceptors (Lipinski definition) is 4. The number of aldehydes is 1. The molecule has 0 aliphatic carbocycles. The molecule has 0 amide bonds. The minimum Gasteiger partial charge on any atom is -0.494 e. The van der Waals surface area contributed by atoms with E-state index in [1.54, 1.807) is 18.3 Å². The summed E-state index contributed by atoms with van der Waals surface area (Å²) in [7, 11) is -1.17. The van der Waals surface area contributed by atoms with Crippen LogP contribution in [0, 0.1) is 11.6 Å². The summed E-state index contributed by atoms with van der Waals surface area (Å²) in [5, 5.41) is 0.697. The fraction of sp³-hybridized carbons (Fsp3) is 0.0952. The zero-order chi connectivity index (χ0) is 21.6. The van der Waals surface area contributed by atoms with Crippen LogP contribution in [0.4, 0.5) is 8.78 Å². The molecule has 2 aromatic carbocycles. The molecule has 154 valence electrons. The number of fused-ring (bicyclic) bond motifs is 1. The number of methoxy groups -OCH3 is 1. The number of carbonyl (C=O) groups excluding carboxylic acids is 1. The summed E-state index contributed by atoms with van der Waals surface area (Å²) in [6.45, 7) is 0. The van der Waals surface area contributed by atoms with Gasteiger partial charge in [-0.05, 0) is 36.4 Å². The van der Waals surface area contributed by atoms with Gasteiger partial charge in [-0.15, -0.1) is 0 Å². The highest BCUT2D eigenvalue weighted by molar-refractivity contribution is 7.90. The Morgan fingerprint density at radius 1 is 1.07 bits per heavy atom. The molecule has 0 fully saturated rings. The van der Waals surface area contributed by atoms with Crippen LogP contribution in [0.3, 0.4) is 0 Å². The second kappa shape index (κ2) is 7.10. The maximum Gasteiger partial charge on any atom is 0.268 e. The predicted molar refractivity (Wildman–Crippen MR) is 107 cm³/mol. The Bertz CT molecular complexity index is 1400. The van der Waals surface area contributed by atoms with Crippen molar-refractivity contribution >= 4 is 27.2 Å². The lowest BCUT2D eigenvalue weighted by molar-refractivity contribution is 0.112. The van der Waals surface area contributed by atoms with E-state index in [4.69, 9.17) is 4.74 Å². The van der Waals surface area contributed by atoms with Crippen LogP contribution in [-0.4, -0.2) is 30.4 Å². The van der Waals surface area contributed by atoms with E-state index in [-0.39, 0.29) is 27.5 Å². The smallest absolute Gasteiger partial charge is 0.268 e. The largest absolute Gasteiger partial charge is 0.494 e. The first-order chi connectivity index (χ1) is 14.3. The summed E-state index contributed by atoms with van der Waals surface area (Å²) in [5.41, 5.74) is 0.328. The van der Waals surface area contributed by atoms with Crippen molar-refractivity contribution in [1.82, 2.24) is 8.54 Å². The van der Waals surface area contributed by atoms with Gasteiger partial charge in [-0.2, -0.15) is 0 Å². The molecule has 2 aromatic heterocycles. The predicted octanol–water partition coefficient (Wildman–Crippen LogP) is 3.98. The summed E-state index contributed by atoms with van der Waals surface area (Å²) < 4.78 is 62.7. The van der Waals surface area contributed by atoms with Gasteiger partial charge in [0.1, 0.15) is 17.3 Å². The van der Waals surface area contributed by atoms with E-state index in [0.29, 0.717) is 17.7 Å². The van der Waals surface area contributed by atoms with Crippen molar-refractivity contribution in [1.29, 1.82) is 0 Å². The molecular formula is C21H16F2N2O4S. The Balaban J connectivity index is 2.01. The normalized spacial score (nSPS) is 11.7. The fourth-order valence-electron chi connectivity index (χ4n) is 3.43. The van der Waals surface area contributed by atoms with Gasteiger partial charge in [-0.25, -0.2) is 21.2 Å². The fourth-order valence-corrected chi connectivity index (χ4v) is 4.85. The third kappa shape index (κ3) is 2.98. The van der Waals surface area contributed by atoms with Crippen molar-refractivity contribution in [3.8, 4) is 17.0 Å². The number of hydrogen-bond donors (Lipinski definition) is 0. The minimum atomic E-state index is -4.24. The van der Waals surface area contributed by atoms with E-state index in [2.05, 4.69) is 0 Å². The van der Waals surface area contributed by atoms with Crippen LogP contribution in [0.2, 0.25) is 0 Å². The van der Waals surface area contributed by atoms with Crippen molar-refractivity contribution in [2.75, 3.05) is 7.11 Å². The lowest BCUT2D eigenvalue weighted by Crippen LogP contribution is -2.14. The molecule has 0 saturated carbocycles. The van der Waals surface area contributed by atoms with Crippen LogP contribution < -0.4 is 4.74 Å². The molecular weight excluding hydrogens is 414 g/mol. The highest BCUT2D eigenvalue weighted by atomic mass is 32.2. The van der Waals surface area contributed by atoms with Gasteiger partial charge in [0.2, 0.25) is 0 Å². The Kier molecular flexibility index (Phi) is 4.70. The van der Waals surface area contributed by atoms with Crippen LogP contribution in [0.15, 0.2) is 59.8 Å². The number of benzene rings is 2. The average molecular weight is 430 g/mol. The monoisotopic (exact) mass is 430 g/mol. The maximum absolute atomic E-state index is 14.6. The highest BCUT2D eigenvalue weighted by Gasteiger charge is 2.29. The van der Waals surface area contributed by atoms with Crippen molar-refractivity contribution in [3.05, 3.63) is 72.1 Å². The molecule has 0 saturated heterocycles. The molecule has 0 N–H and O–H groups in total. The summed E-state index contributed by atoms with van der Waals surface area (Å²) in [5.74, 6) is -1.93. The highest BCUT2D eigenvalue weighted by Crippen LogP contribution is 2.38. The number of halogens is 2. The molecule has 0 aliphatic heterocycles. The van der Waals surface area contributed by atoms with Gasteiger partial charge in [0.15, 0.2) is 12.0 Å². The second-order valence-electron chi connectivity index (χ2n) is 6.66. The Morgan fingerprint density at radius 3 is 2.50 bits per heavy atom. The number of rotatable bonds is 5. The summed E-state index contributed by atoms with van der Waals surface area (Å²) in [6.07, 6.45) is 3.27. The van der Waals surface area contributed by atoms with E-state index >= 15 is 0 Å². The number of nitrogens with zero attached hydrogens (tertiary/aromatic N) is 2. The van der Waals surface area contributed by atoms with E-state index in [1.165, 1.54) is 19.2 Å². The van der Waals surface area contributed by atoms with E-state index < -0.39 is 21.7 Å². The first-order valence-corrected chi connectivity index (χ1v) is 10.2. The molecule has 6 nitrogen and oxygen atoms in total. The van der Waals surface area contributed by atoms with Crippen LogP contribution in [0.1, 0.15) is 10.4 Å². The Morgan fingerprint density at radius 2 is 1.83 bits per heavy atom. The Labute approximate surface area is 171 Å². The van der Waals surface area contributed by atoms with E-state index in [9.17, 15) is 22.0 Å². The molecule has 0 spiro atoms. The molecule has 0 bridgehead atoms. The molecule has 0 atom stereocenters. The van der Waals surface area contributed by atoms with Crippen molar-refractivity contribution in [3.63, 3.8) is 0 Å². The van der Waals surface area contributed by atoms with Gasteiger partial charge in [-0.3, -0.25) is 4.79 Å². The molecule has 0 unspecified atom stereocenters. The number of aromatic nitrogens is 2. The minimum absolute atomic E-state index is 0.0555. The molecule has 30 heavy (non-hydrogen) atoms. The molecule has 0 aliphatic rings. The quantitative estimate of drug-likeness (QED) is 0.449. The van der Waals surface area contributed by atoms with Gasteiger partial charge >= 0.3 is 0 Å². The maximum atomic E-state index is 14.6. The van der Waals surface area contributed by atoms with E-state index in [1.807, 2.05) is 11.6 Å². The van der Waals surface area contributed by atoms with Crippen LogP contribution >= 0.6 is 0 Å². The van der Waals surface area contributed by atoms with Crippen molar-refractivity contribution in [2.45, 2.75) is 4.90 Å². The van der Waals surface area contributed by atoms with Crippen LogP contribution in [0.5, 0.6) is 5.75 Å². The Hall–Kier alpha value is -3.46. The lowest BCUT2D eigenvalue weighted by Gasteiger charge is -2.13. The summed E-state index contributed by atoms with van der Waals surface area (Å²) in [6, 6.07) is 9.07. The topological polar surface area (TPSA) is 70.3 Å². The lowest BCUT2D eigenvalue weighted by atomic mass is 10.1. The molecule has 9 heteroatoms. The second-order valence-corrected chi connectivity index (χ2v) is 8.47. The van der Waals surface area contributed by atoms with Crippen LogP contribution in [-0.2, 0) is 17.1 Å². The molecule has 4 aromatic rings. The molecule has 0 radical (unpaired) electrons. The van der Waals surface area contributed by atoms with Gasteiger partial charge in [0.25, 0.3) is 10.0 Å².